The minimum atomic E-state index is -0.178. The molecule has 0 aliphatic heterocycles. The molecule has 0 bridgehead atoms. The molecule has 80 valence electrons. The summed E-state index contributed by atoms with van der Waals surface area (Å²) in [5.74, 6) is 0. The van der Waals surface area contributed by atoms with Crippen molar-refractivity contribution in [2.45, 2.75) is 65.1 Å². The first-order valence-corrected chi connectivity index (χ1v) is 5.36. The summed E-state index contributed by atoms with van der Waals surface area (Å²) in [7, 11) is 0. The molecule has 0 saturated heterocycles. The average molecular weight is 188 g/mol. The molecular formula is C11H24O2. The largest absolute Gasteiger partial charge is 0.393 e. The Labute approximate surface area is 82.3 Å². The molecule has 0 saturated carbocycles. The number of hydrogen-bond donors (Lipinski definition) is 1. The Balaban J connectivity index is 3.69. The molecule has 2 heteroatoms. The maximum Gasteiger partial charge on any atom is 0.0651 e. The molecule has 2 atom stereocenters. The lowest BCUT2D eigenvalue weighted by atomic mass is 9.95. The molecule has 0 aromatic carbocycles. The van der Waals surface area contributed by atoms with Crippen LogP contribution in [-0.2, 0) is 4.74 Å². The molecule has 13 heavy (non-hydrogen) atoms. The average Bonchev–Trinajstić information content (AvgIpc) is 2.04. The first-order valence-electron chi connectivity index (χ1n) is 5.36. The molecule has 0 aliphatic rings. The van der Waals surface area contributed by atoms with Crippen molar-refractivity contribution in [3.63, 3.8) is 0 Å². The summed E-state index contributed by atoms with van der Waals surface area (Å²) in [5, 5.41) is 9.11. The summed E-state index contributed by atoms with van der Waals surface area (Å²) in [6, 6.07) is 0. The second-order valence-electron chi connectivity index (χ2n) is 3.98. The van der Waals surface area contributed by atoms with Crippen LogP contribution in [0.2, 0.25) is 0 Å². The lowest BCUT2D eigenvalue weighted by Gasteiger charge is -2.28. The van der Waals surface area contributed by atoms with Crippen molar-refractivity contribution in [3.8, 4) is 0 Å². The smallest absolute Gasteiger partial charge is 0.0651 e. The Bertz CT molecular complexity index is 123. The second-order valence-corrected chi connectivity index (χ2v) is 3.98. The lowest BCUT2D eigenvalue weighted by Crippen LogP contribution is -2.28. The van der Waals surface area contributed by atoms with Gasteiger partial charge in [-0.05, 0) is 46.5 Å². The van der Waals surface area contributed by atoms with Gasteiger partial charge >= 0.3 is 0 Å². The molecule has 0 aromatic rings. The third-order valence-corrected chi connectivity index (χ3v) is 2.57. The molecule has 0 aliphatic carbocycles. The monoisotopic (exact) mass is 188 g/mol. The van der Waals surface area contributed by atoms with E-state index >= 15 is 0 Å². The number of aliphatic hydroxyl groups is 1. The Kier molecular flexibility index (Phi) is 6.35. The van der Waals surface area contributed by atoms with Crippen LogP contribution in [0, 0.1) is 0 Å². The van der Waals surface area contributed by atoms with Crippen LogP contribution in [0.4, 0.5) is 0 Å². The number of ether oxygens (including phenoxy) is 1. The maximum absolute atomic E-state index is 9.11. The summed E-state index contributed by atoms with van der Waals surface area (Å²) < 4.78 is 5.68. The van der Waals surface area contributed by atoms with Crippen molar-refractivity contribution < 1.29 is 9.84 Å². The van der Waals surface area contributed by atoms with E-state index in [1.165, 1.54) is 0 Å². The second kappa shape index (κ2) is 6.39. The summed E-state index contributed by atoms with van der Waals surface area (Å²) in [4.78, 5) is 0. The van der Waals surface area contributed by atoms with Gasteiger partial charge in [-0.15, -0.1) is 0 Å². The van der Waals surface area contributed by atoms with Gasteiger partial charge in [0.2, 0.25) is 0 Å². The fourth-order valence-electron chi connectivity index (χ4n) is 1.47. The van der Waals surface area contributed by atoms with Gasteiger partial charge in [0, 0.05) is 6.61 Å². The minimum Gasteiger partial charge on any atom is -0.393 e. The fraction of sp³-hybridized carbons (Fsp3) is 1.00. The standard InChI is InChI=1S/C11H24O2/c1-5-11(4,13-6-2)9-7-8-10(3)12/h10,12H,5-9H2,1-4H3. The van der Waals surface area contributed by atoms with E-state index < -0.39 is 0 Å². The van der Waals surface area contributed by atoms with Crippen LogP contribution < -0.4 is 0 Å². The van der Waals surface area contributed by atoms with Gasteiger partial charge in [0.15, 0.2) is 0 Å². The van der Waals surface area contributed by atoms with E-state index in [-0.39, 0.29) is 11.7 Å². The highest BCUT2D eigenvalue weighted by Crippen LogP contribution is 2.22. The summed E-state index contributed by atoms with van der Waals surface area (Å²) in [5.41, 5.74) is 0.0175. The summed E-state index contributed by atoms with van der Waals surface area (Å²) in [6.45, 7) is 8.95. The number of rotatable bonds is 7. The first-order chi connectivity index (χ1) is 6.04. The lowest BCUT2D eigenvalue weighted by molar-refractivity contribution is -0.0366. The molecule has 2 unspecified atom stereocenters. The quantitative estimate of drug-likeness (QED) is 0.665. The molecule has 0 aromatic heterocycles. The van der Waals surface area contributed by atoms with Gasteiger partial charge in [0.05, 0.1) is 11.7 Å². The third-order valence-electron chi connectivity index (χ3n) is 2.57. The Hall–Kier alpha value is -0.0800. The number of aliphatic hydroxyl groups excluding tert-OH is 1. The molecule has 0 spiro atoms. The molecule has 0 heterocycles. The van der Waals surface area contributed by atoms with E-state index in [0.717, 1.165) is 32.3 Å². The van der Waals surface area contributed by atoms with Crippen molar-refractivity contribution >= 4 is 0 Å². The van der Waals surface area contributed by atoms with E-state index in [4.69, 9.17) is 9.84 Å². The van der Waals surface area contributed by atoms with E-state index in [1.807, 2.05) is 13.8 Å². The number of hydrogen-bond acceptors (Lipinski definition) is 2. The fourth-order valence-corrected chi connectivity index (χ4v) is 1.47. The van der Waals surface area contributed by atoms with Crippen LogP contribution in [-0.4, -0.2) is 23.4 Å². The highest BCUT2D eigenvalue weighted by molar-refractivity contribution is 4.73. The topological polar surface area (TPSA) is 29.5 Å². The predicted octanol–water partition coefficient (Wildman–Crippen LogP) is 2.74. The van der Waals surface area contributed by atoms with Crippen LogP contribution in [0.3, 0.4) is 0 Å². The van der Waals surface area contributed by atoms with E-state index in [0.29, 0.717) is 0 Å². The normalized spacial score (nSPS) is 18.2. The molecular weight excluding hydrogens is 164 g/mol. The summed E-state index contributed by atoms with van der Waals surface area (Å²) in [6.07, 6.45) is 3.83. The van der Waals surface area contributed by atoms with Gasteiger partial charge in [0.25, 0.3) is 0 Å². The first kappa shape index (κ1) is 12.9. The van der Waals surface area contributed by atoms with Crippen molar-refractivity contribution in [2.24, 2.45) is 0 Å². The van der Waals surface area contributed by atoms with Crippen LogP contribution >= 0.6 is 0 Å². The Morgan fingerprint density at radius 3 is 2.38 bits per heavy atom. The highest BCUT2D eigenvalue weighted by atomic mass is 16.5. The van der Waals surface area contributed by atoms with Crippen LogP contribution in [0.5, 0.6) is 0 Å². The van der Waals surface area contributed by atoms with E-state index in [1.54, 1.807) is 0 Å². The molecule has 0 rings (SSSR count). The third kappa shape index (κ3) is 6.05. The van der Waals surface area contributed by atoms with Gasteiger partial charge in [-0.1, -0.05) is 6.92 Å². The van der Waals surface area contributed by atoms with Gasteiger partial charge < -0.3 is 9.84 Å². The van der Waals surface area contributed by atoms with Crippen LogP contribution in [0.1, 0.15) is 53.4 Å². The van der Waals surface area contributed by atoms with Crippen molar-refractivity contribution in [2.75, 3.05) is 6.61 Å². The van der Waals surface area contributed by atoms with E-state index in [9.17, 15) is 0 Å². The van der Waals surface area contributed by atoms with E-state index in [2.05, 4.69) is 13.8 Å². The van der Waals surface area contributed by atoms with Crippen molar-refractivity contribution in [1.29, 1.82) is 0 Å². The van der Waals surface area contributed by atoms with Gasteiger partial charge in [-0.3, -0.25) is 0 Å². The Morgan fingerprint density at radius 2 is 2.00 bits per heavy atom. The zero-order valence-corrected chi connectivity index (χ0v) is 9.47. The maximum atomic E-state index is 9.11. The zero-order chi connectivity index (χ0) is 10.3. The minimum absolute atomic E-state index is 0.0175. The van der Waals surface area contributed by atoms with Gasteiger partial charge in [-0.25, -0.2) is 0 Å². The molecule has 0 amide bonds. The zero-order valence-electron chi connectivity index (χ0n) is 9.47. The summed E-state index contributed by atoms with van der Waals surface area (Å²) >= 11 is 0. The molecule has 1 N–H and O–H groups in total. The Morgan fingerprint density at radius 1 is 1.38 bits per heavy atom. The highest BCUT2D eigenvalue weighted by Gasteiger charge is 2.21. The molecule has 0 radical (unpaired) electrons. The molecule has 2 nitrogen and oxygen atoms in total. The van der Waals surface area contributed by atoms with Crippen molar-refractivity contribution in [3.05, 3.63) is 0 Å². The van der Waals surface area contributed by atoms with Gasteiger partial charge in [-0.2, -0.15) is 0 Å². The SMILES string of the molecule is CCOC(C)(CC)CCCC(C)O. The van der Waals surface area contributed by atoms with Crippen molar-refractivity contribution in [1.82, 2.24) is 0 Å². The van der Waals surface area contributed by atoms with Crippen LogP contribution in [0.15, 0.2) is 0 Å². The molecule has 0 fully saturated rings. The van der Waals surface area contributed by atoms with Crippen LogP contribution in [0.25, 0.3) is 0 Å². The predicted molar refractivity (Wildman–Crippen MR) is 55.9 cm³/mol. The van der Waals surface area contributed by atoms with Gasteiger partial charge in [0.1, 0.15) is 0 Å².